The molecule has 150 valence electrons. The van der Waals surface area contributed by atoms with Gasteiger partial charge in [0.25, 0.3) is 5.91 Å². The van der Waals surface area contributed by atoms with Crippen LogP contribution in [0, 0.1) is 0 Å². The number of H-pyrrole nitrogens is 1. The molecule has 29 heavy (non-hydrogen) atoms. The summed E-state index contributed by atoms with van der Waals surface area (Å²) in [6.07, 6.45) is 0. The highest BCUT2D eigenvalue weighted by Gasteiger charge is 2.14. The van der Waals surface area contributed by atoms with E-state index in [0.717, 1.165) is 0 Å². The number of carbonyl (C=O) groups is 2. The van der Waals surface area contributed by atoms with E-state index in [1.54, 1.807) is 42.5 Å². The van der Waals surface area contributed by atoms with E-state index in [-0.39, 0.29) is 29.4 Å². The fraction of sp³-hybridized carbons (Fsp3) is 0.200. The van der Waals surface area contributed by atoms with Crippen LogP contribution in [0.1, 0.15) is 24.2 Å². The van der Waals surface area contributed by atoms with Crippen LogP contribution in [-0.2, 0) is 4.79 Å². The summed E-state index contributed by atoms with van der Waals surface area (Å²) in [5.74, 6) is -0.546. The summed E-state index contributed by atoms with van der Waals surface area (Å²) in [5.41, 5.74) is 1.60. The molecule has 0 aliphatic heterocycles. The van der Waals surface area contributed by atoms with E-state index in [1.807, 2.05) is 19.9 Å². The predicted molar refractivity (Wildman–Crippen MR) is 111 cm³/mol. The second-order valence-corrected chi connectivity index (χ2v) is 7.50. The normalized spacial score (nSPS) is 10.7. The first-order chi connectivity index (χ1) is 13.9. The molecule has 0 saturated carbocycles. The van der Waals surface area contributed by atoms with Gasteiger partial charge in [0.05, 0.1) is 11.3 Å². The smallest absolute Gasteiger partial charge is 0.353 e. The van der Waals surface area contributed by atoms with E-state index >= 15 is 0 Å². The number of aromatic nitrogens is 2. The number of nitrogens with one attached hydrogen (secondary N) is 3. The molecule has 2 aromatic carbocycles. The Bertz CT molecular complexity index is 1070. The van der Waals surface area contributed by atoms with Gasteiger partial charge < -0.3 is 10.6 Å². The number of rotatable bonds is 7. The minimum atomic E-state index is -0.651. The molecule has 8 nitrogen and oxygen atoms in total. The number of nitrogens with zero attached hydrogens (tertiary/aromatic N) is 1. The first-order valence-electron chi connectivity index (χ1n) is 8.91. The summed E-state index contributed by atoms with van der Waals surface area (Å²) < 4.78 is 4.51. The lowest BCUT2D eigenvalue weighted by molar-refractivity contribution is -0.119. The monoisotopic (exact) mass is 412 g/mol. The van der Waals surface area contributed by atoms with Crippen molar-refractivity contribution in [1.29, 1.82) is 0 Å². The summed E-state index contributed by atoms with van der Waals surface area (Å²) in [5, 5.41) is 9.30. The van der Waals surface area contributed by atoms with Crippen molar-refractivity contribution in [2.45, 2.75) is 24.8 Å². The van der Waals surface area contributed by atoms with Gasteiger partial charge in [0.15, 0.2) is 5.82 Å². The maximum atomic E-state index is 12.8. The van der Waals surface area contributed by atoms with E-state index in [9.17, 15) is 14.4 Å². The van der Waals surface area contributed by atoms with E-state index < -0.39 is 5.76 Å². The van der Waals surface area contributed by atoms with Crippen molar-refractivity contribution in [1.82, 2.24) is 15.5 Å². The molecular formula is C20H20N4O4S. The molecule has 0 saturated heterocycles. The zero-order valence-electron chi connectivity index (χ0n) is 15.9. The van der Waals surface area contributed by atoms with Crippen molar-refractivity contribution in [2.75, 3.05) is 11.1 Å². The summed E-state index contributed by atoms with van der Waals surface area (Å²) >= 11 is 1.30. The molecule has 0 fully saturated rings. The minimum absolute atomic E-state index is 0.0635. The quantitative estimate of drug-likeness (QED) is 0.514. The maximum absolute atomic E-state index is 12.8. The third-order valence-electron chi connectivity index (χ3n) is 3.77. The number of carbonyl (C=O) groups excluding carboxylic acids is 2. The van der Waals surface area contributed by atoms with Crippen molar-refractivity contribution in [3.8, 4) is 11.4 Å². The zero-order valence-corrected chi connectivity index (χ0v) is 16.7. The van der Waals surface area contributed by atoms with Gasteiger partial charge in [0, 0.05) is 22.2 Å². The van der Waals surface area contributed by atoms with Gasteiger partial charge in [-0.3, -0.25) is 19.1 Å². The molecule has 0 unspecified atom stereocenters. The molecule has 2 amide bonds. The minimum Gasteiger partial charge on any atom is -0.353 e. The highest BCUT2D eigenvalue weighted by Crippen LogP contribution is 2.24. The van der Waals surface area contributed by atoms with Crippen LogP contribution in [0.5, 0.6) is 0 Å². The number of benzene rings is 2. The lowest BCUT2D eigenvalue weighted by Gasteiger charge is -2.11. The van der Waals surface area contributed by atoms with Crippen molar-refractivity contribution < 1.29 is 14.1 Å². The largest absolute Gasteiger partial charge is 0.439 e. The second-order valence-electron chi connectivity index (χ2n) is 6.49. The Hall–Kier alpha value is -3.33. The average molecular weight is 412 g/mol. The lowest BCUT2D eigenvalue weighted by Crippen LogP contribution is -2.31. The molecule has 0 radical (unpaired) electrons. The van der Waals surface area contributed by atoms with Gasteiger partial charge in [-0.15, -0.1) is 11.8 Å². The van der Waals surface area contributed by atoms with Crippen LogP contribution < -0.4 is 16.4 Å². The third kappa shape index (κ3) is 5.58. The Morgan fingerprint density at radius 3 is 2.69 bits per heavy atom. The summed E-state index contributed by atoms with van der Waals surface area (Å²) in [7, 11) is 0. The Morgan fingerprint density at radius 2 is 1.97 bits per heavy atom. The zero-order chi connectivity index (χ0) is 20.8. The average Bonchev–Trinajstić information content (AvgIpc) is 3.13. The first-order valence-corrected chi connectivity index (χ1v) is 9.90. The molecular weight excluding hydrogens is 392 g/mol. The SMILES string of the molecule is CC(C)NC(=O)CSc1ccccc1C(=O)Nc1cccc(-c2noc(=O)[nH]2)c1. The van der Waals surface area contributed by atoms with Crippen LogP contribution in [0.3, 0.4) is 0 Å². The van der Waals surface area contributed by atoms with Gasteiger partial charge in [-0.1, -0.05) is 29.4 Å². The fourth-order valence-corrected chi connectivity index (χ4v) is 3.44. The second kappa shape index (κ2) is 9.24. The van der Waals surface area contributed by atoms with Crippen molar-refractivity contribution >= 4 is 29.3 Å². The molecule has 3 aromatic rings. The number of hydrogen-bond acceptors (Lipinski definition) is 6. The summed E-state index contributed by atoms with van der Waals surface area (Å²) in [4.78, 5) is 39.0. The molecule has 3 N–H and O–H groups in total. The Labute approximate surface area is 171 Å². The molecule has 0 spiro atoms. The highest BCUT2D eigenvalue weighted by atomic mass is 32.2. The topological polar surface area (TPSA) is 117 Å². The van der Waals surface area contributed by atoms with Crippen LogP contribution in [0.2, 0.25) is 0 Å². The summed E-state index contributed by atoms with van der Waals surface area (Å²) in [6.45, 7) is 3.79. The lowest BCUT2D eigenvalue weighted by atomic mass is 10.1. The van der Waals surface area contributed by atoms with Crippen LogP contribution >= 0.6 is 11.8 Å². The molecule has 0 atom stereocenters. The van der Waals surface area contributed by atoms with Gasteiger partial charge in [0.2, 0.25) is 5.91 Å². The number of anilines is 1. The van der Waals surface area contributed by atoms with E-state index in [4.69, 9.17) is 0 Å². The standard InChI is InChI=1S/C20H20N4O4S/c1-12(2)21-17(25)11-29-16-9-4-3-8-15(16)19(26)22-14-7-5-6-13(10-14)18-23-20(27)28-24-18/h3-10,12H,11H2,1-2H3,(H,21,25)(H,22,26)(H,23,24,27). The Kier molecular flexibility index (Phi) is 6.50. The van der Waals surface area contributed by atoms with Crippen LogP contribution in [-0.4, -0.2) is 33.7 Å². The Morgan fingerprint density at radius 1 is 1.17 bits per heavy atom. The predicted octanol–water partition coefficient (Wildman–Crippen LogP) is 2.90. The van der Waals surface area contributed by atoms with Gasteiger partial charge in [0.1, 0.15) is 0 Å². The number of amides is 2. The van der Waals surface area contributed by atoms with Gasteiger partial charge >= 0.3 is 5.76 Å². The molecule has 3 rings (SSSR count). The molecule has 1 heterocycles. The highest BCUT2D eigenvalue weighted by molar-refractivity contribution is 8.00. The van der Waals surface area contributed by atoms with Gasteiger partial charge in [-0.05, 0) is 38.1 Å². The molecule has 1 aromatic heterocycles. The Balaban J connectivity index is 1.73. The molecule has 9 heteroatoms. The third-order valence-corrected chi connectivity index (χ3v) is 4.85. The van der Waals surface area contributed by atoms with Crippen molar-refractivity contribution in [3.63, 3.8) is 0 Å². The fourth-order valence-electron chi connectivity index (χ4n) is 2.58. The van der Waals surface area contributed by atoms with Crippen LogP contribution in [0.15, 0.2) is 62.7 Å². The van der Waals surface area contributed by atoms with E-state index in [2.05, 4.69) is 25.3 Å². The van der Waals surface area contributed by atoms with Crippen LogP contribution in [0.25, 0.3) is 11.4 Å². The van der Waals surface area contributed by atoms with Crippen molar-refractivity contribution in [2.24, 2.45) is 0 Å². The van der Waals surface area contributed by atoms with Gasteiger partial charge in [-0.25, -0.2) is 4.79 Å². The molecule has 0 bridgehead atoms. The van der Waals surface area contributed by atoms with E-state index in [0.29, 0.717) is 21.7 Å². The molecule has 0 aliphatic rings. The van der Waals surface area contributed by atoms with Crippen molar-refractivity contribution in [3.05, 3.63) is 64.6 Å². The number of thioether (sulfide) groups is 1. The number of hydrogen-bond donors (Lipinski definition) is 3. The first kappa shape index (κ1) is 20.4. The number of aromatic amines is 1. The van der Waals surface area contributed by atoms with E-state index in [1.165, 1.54) is 11.8 Å². The van der Waals surface area contributed by atoms with Gasteiger partial charge in [-0.2, -0.15) is 0 Å². The summed E-state index contributed by atoms with van der Waals surface area (Å²) in [6, 6.07) is 14.0. The maximum Gasteiger partial charge on any atom is 0.439 e. The molecule has 0 aliphatic carbocycles. The van der Waals surface area contributed by atoms with Crippen LogP contribution in [0.4, 0.5) is 5.69 Å².